The molecule has 0 N–H and O–H groups in total. The van der Waals surface area contributed by atoms with E-state index in [9.17, 15) is 14.4 Å². The molecule has 0 saturated heterocycles. The maximum atomic E-state index is 13.2. The smallest absolute Gasteiger partial charge is 0.338 e. The van der Waals surface area contributed by atoms with Crippen molar-refractivity contribution < 1.29 is 19.1 Å². The highest BCUT2D eigenvalue weighted by atomic mass is 16.5. The summed E-state index contributed by atoms with van der Waals surface area (Å²) in [5.74, 6) is -0.381. The van der Waals surface area contributed by atoms with Crippen LogP contribution in [-0.2, 0) is 19.7 Å². The highest BCUT2D eigenvalue weighted by Gasteiger charge is 2.75. The topological polar surface area (TPSA) is 60.4 Å². The molecule has 6 rings (SSSR count). The van der Waals surface area contributed by atoms with Crippen LogP contribution in [0.5, 0.6) is 0 Å². The first-order valence-corrected chi connectivity index (χ1v) is 9.97. The van der Waals surface area contributed by atoms with Crippen molar-refractivity contribution in [1.82, 2.24) is 0 Å². The number of esters is 1. The number of hydrogen-bond donors (Lipinski definition) is 0. The molecular formula is C24H20O4. The molecule has 3 saturated carbocycles. The SMILES string of the molecule is COC(=O)c1cccc2cccc(C34C5C=CC(C5=O)C3C3CCC4C3=O)c12. The van der Waals surface area contributed by atoms with Gasteiger partial charge in [0.25, 0.3) is 0 Å². The minimum Gasteiger partial charge on any atom is -0.465 e. The second-order valence-corrected chi connectivity index (χ2v) is 8.59. The number of allylic oxidation sites excluding steroid dienone is 2. The van der Waals surface area contributed by atoms with Crippen molar-refractivity contribution in [2.45, 2.75) is 18.3 Å². The van der Waals surface area contributed by atoms with Crippen LogP contribution in [0, 0.1) is 29.6 Å². The molecule has 4 nitrogen and oxygen atoms in total. The Kier molecular flexibility index (Phi) is 3.01. The van der Waals surface area contributed by atoms with Crippen LogP contribution in [0.1, 0.15) is 28.8 Å². The highest BCUT2D eigenvalue weighted by Crippen LogP contribution is 2.70. The Balaban J connectivity index is 1.72. The van der Waals surface area contributed by atoms with E-state index < -0.39 is 5.41 Å². The molecule has 6 unspecified atom stereocenters. The maximum Gasteiger partial charge on any atom is 0.338 e. The summed E-state index contributed by atoms with van der Waals surface area (Å²) in [7, 11) is 1.38. The van der Waals surface area contributed by atoms with E-state index in [1.54, 1.807) is 6.07 Å². The molecule has 4 aliphatic rings. The number of carbonyl (C=O) groups is 3. The minimum absolute atomic E-state index is 0.0255. The van der Waals surface area contributed by atoms with Gasteiger partial charge >= 0.3 is 5.97 Å². The molecular weight excluding hydrogens is 352 g/mol. The first-order chi connectivity index (χ1) is 13.6. The van der Waals surface area contributed by atoms with Gasteiger partial charge in [-0.25, -0.2) is 4.79 Å². The minimum atomic E-state index is -0.514. The fraction of sp³-hybridized carbons (Fsp3) is 0.375. The van der Waals surface area contributed by atoms with Gasteiger partial charge in [-0.05, 0) is 41.2 Å². The molecule has 0 aromatic heterocycles. The van der Waals surface area contributed by atoms with E-state index in [-0.39, 0.29) is 41.3 Å². The average molecular weight is 372 g/mol. The molecule has 2 aromatic carbocycles. The number of Topliss-reactive ketones (excluding diaryl/α,β-unsaturated/α-hetero) is 2. The van der Waals surface area contributed by atoms with Gasteiger partial charge in [-0.3, -0.25) is 9.59 Å². The van der Waals surface area contributed by atoms with E-state index in [2.05, 4.69) is 0 Å². The largest absolute Gasteiger partial charge is 0.465 e. The molecule has 3 fully saturated rings. The number of benzene rings is 2. The molecule has 2 aromatic rings. The van der Waals surface area contributed by atoms with Crippen LogP contribution in [0.2, 0.25) is 0 Å². The van der Waals surface area contributed by atoms with Gasteiger partial charge in [0.2, 0.25) is 0 Å². The fourth-order valence-corrected chi connectivity index (χ4v) is 7.09. The Morgan fingerprint density at radius 1 is 1.04 bits per heavy atom. The predicted molar refractivity (Wildman–Crippen MR) is 103 cm³/mol. The molecule has 0 amide bonds. The van der Waals surface area contributed by atoms with Gasteiger partial charge in [0.05, 0.1) is 12.7 Å². The van der Waals surface area contributed by atoms with Crippen molar-refractivity contribution in [1.29, 1.82) is 0 Å². The van der Waals surface area contributed by atoms with Crippen molar-refractivity contribution in [3.63, 3.8) is 0 Å². The van der Waals surface area contributed by atoms with Gasteiger partial charge in [0.1, 0.15) is 11.6 Å². The summed E-state index contributed by atoms with van der Waals surface area (Å²) in [5.41, 5.74) is 0.986. The molecule has 4 bridgehead atoms. The number of ether oxygens (including phenoxy) is 1. The fourth-order valence-electron chi connectivity index (χ4n) is 7.09. The van der Waals surface area contributed by atoms with E-state index in [4.69, 9.17) is 4.74 Å². The molecule has 28 heavy (non-hydrogen) atoms. The first-order valence-electron chi connectivity index (χ1n) is 9.97. The van der Waals surface area contributed by atoms with Crippen LogP contribution in [-0.4, -0.2) is 24.6 Å². The molecule has 0 spiro atoms. The lowest BCUT2D eigenvalue weighted by Gasteiger charge is -2.44. The normalized spacial score (nSPS) is 37.1. The van der Waals surface area contributed by atoms with Crippen LogP contribution in [0.15, 0.2) is 48.6 Å². The number of fused-ring (bicyclic) bond motifs is 10. The molecule has 140 valence electrons. The van der Waals surface area contributed by atoms with Gasteiger partial charge in [0.15, 0.2) is 0 Å². The van der Waals surface area contributed by atoms with Crippen molar-refractivity contribution in [3.8, 4) is 0 Å². The standard InChI is InChI=1S/C24H20O4/c1-28-23(27)13-6-2-4-12-5-3-7-16(19(12)13)24-17-10-8-14(21(17)25)20(24)15-9-11-18(24)22(15)26/h2-8,10,14-15,17-18,20H,9,11H2,1H3. The van der Waals surface area contributed by atoms with Crippen LogP contribution in [0.3, 0.4) is 0 Å². The summed E-state index contributed by atoms with van der Waals surface area (Å²) in [6.07, 6.45) is 5.77. The Morgan fingerprint density at radius 2 is 1.82 bits per heavy atom. The van der Waals surface area contributed by atoms with E-state index in [1.807, 2.05) is 42.5 Å². The number of carbonyl (C=O) groups excluding carboxylic acids is 3. The summed E-state index contributed by atoms with van der Waals surface area (Å²) in [6.45, 7) is 0. The lowest BCUT2D eigenvalue weighted by Crippen LogP contribution is -2.44. The molecule has 0 radical (unpaired) electrons. The second-order valence-electron chi connectivity index (χ2n) is 8.59. The molecule has 4 heteroatoms. The molecule has 0 aliphatic heterocycles. The molecule has 0 heterocycles. The molecule has 4 aliphatic carbocycles. The van der Waals surface area contributed by atoms with Crippen molar-refractivity contribution in [2.75, 3.05) is 7.11 Å². The van der Waals surface area contributed by atoms with Gasteiger partial charge in [-0.2, -0.15) is 0 Å². The number of hydrogen-bond acceptors (Lipinski definition) is 4. The summed E-state index contributed by atoms with van der Waals surface area (Å²) < 4.78 is 5.05. The third-order valence-corrected chi connectivity index (χ3v) is 7.86. The Hall–Kier alpha value is -2.75. The quantitative estimate of drug-likeness (QED) is 0.460. The lowest BCUT2D eigenvalue weighted by molar-refractivity contribution is -0.125. The number of methoxy groups -OCH3 is 1. The maximum absolute atomic E-state index is 13.2. The van der Waals surface area contributed by atoms with Gasteiger partial charge in [-0.15, -0.1) is 0 Å². The summed E-state index contributed by atoms with van der Waals surface area (Å²) in [4.78, 5) is 38.9. The second kappa shape index (κ2) is 5.19. The summed E-state index contributed by atoms with van der Waals surface area (Å²) >= 11 is 0. The summed E-state index contributed by atoms with van der Waals surface area (Å²) in [5, 5.41) is 1.79. The predicted octanol–water partition coefficient (Wildman–Crippen LogP) is 3.47. The summed E-state index contributed by atoms with van der Waals surface area (Å²) in [6, 6.07) is 11.6. The molecule has 6 atom stereocenters. The monoisotopic (exact) mass is 372 g/mol. The third kappa shape index (κ3) is 1.58. The van der Waals surface area contributed by atoms with E-state index in [0.29, 0.717) is 11.3 Å². The number of rotatable bonds is 2. The zero-order valence-corrected chi connectivity index (χ0v) is 15.6. The van der Waals surface area contributed by atoms with E-state index >= 15 is 0 Å². The number of ketones is 2. The van der Waals surface area contributed by atoms with Crippen LogP contribution >= 0.6 is 0 Å². The van der Waals surface area contributed by atoms with Crippen molar-refractivity contribution >= 4 is 28.3 Å². The zero-order chi connectivity index (χ0) is 19.2. The van der Waals surface area contributed by atoms with Crippen LogP contribution in [0.4, 0.5) is 0 Å². The van der Waals surface area contributed by atoms with Crippen molar-refractivity contribution in [2.24, 2.45) is 29.6 Å². The average Bonchev–Trinajstić information content (AvgIpc) is 3.43. The Labute approximate surface area is 162 Å². The van der Waals surface area contributed by atoms with Crippen molar-refractivity contribution in [3.05, 3.63) is 59.7 Å². The van der Waals surface area contributed by atoms with E-state index in [1.165, 1.54) is 7.11 Å². The highest BCUT2D eigenvalue weighted by molar-refractivity contribution is 6.09. The lowest BCUT2D eigenvalue weighted by atomic mass is 9.57. The zero-order valence-electron chi connectivity index (χ0n) is 15.6. The first kappa shape index (κ1) is 16.2. The van der Waals surface area contributed by atoms with Gasteiger partial charge in [-0.1, -0.05) is 42.5 Å². The van der Waals surface area contributed by atoms with Crippen LogP contribution < -0.4 is 0 Å². The van der Waals surface area contributed by atoms with Gasteiger partial charge in [0, 0.05) is 29.1 Å². The van der Waals surface area contributed by atoms with Crippen LogP contribution in [0.25, 0.3) is 10.8 Å². The van der Waals surface area contributed by atoms with E-state index in [0.717, 1.165) is 29.2 Å². The van der Waals surface area contributed by atoms with Gasteiger partial charge < -0.3 is 4.74 Å². The Morgan fingerprint density at radius 3 is 2.61 bits per heavy atom. The Bertz CT molecular complexity index is 1110. The third-order valence-electron chi connectivity index (χ3n) is 7.86.